The Bertz CT molecular complexity index is 738. The molecule has 1 atom stereocenters. The fourth-order valence-electron chi connectivity index (χ4n) is 2.73. The number of aryl methyl sites for hydroxylation is 1. The lowest BCUT2D eigenvalue weighted by Gasteiger charge is -2.14. The maximum atomic E-state index is 12.1. The van der Waals surface area contributed by atoms with Gasteiger partial charge in [-0.2, -0.15) is 0 Å². The van der Waals surface area contributed by atoms with Crippen LogP contribution < -0.4 is 16.2 Å². The van der Waals surface area contributed by atoms with Gasteiger partial charge in [0.05, 0.1) is 18.8 Å². The Kier molecular flexibility index (Phi) is 5.32. The zero-order valence-electron chi connectivity index (χ0n) is 13.6. The van der Waals surface area contributed by atoms with Gasteiger partial charge in [0.1, 0.15) is 5.58 Å². The summed E-state index contributed by atoms with van der Waals surface area (Å²) in [7, 11) is 0. The standard InChI is InChI=1S/C17H21N3O3S/c1-11-4-5-14-12(10-23-15(14)7-11)8-16(21)19-20-17(24)18-9-13-3-2-6-22-13/h4-5,7,10,13H,2-3,6,8-9H2,1H3,(H,19,21)(H2,18,20,24). The van der Waals surface area contributed by atoms with Crippen molar-refractivity contribution in [3.63, 3.8) is 0 Å². The molecule has 1 unspecified atom stereocenters. The number of amides is 1. The molecule has 24 heavy (non-hydrogen) atoms. The second kappa shape index (κ2) is 7.63. The molecule has 128 valence electrons. The summed E-state index contributed by atoms with van der Waals surface area (Å²) in [5, 5.41) is 4.37. The van der Waals surface area contributed by atoms with Crippen molar-refractivity contribution >= 4 is 34.2 Å². The molecule has 1 aromatic heterocycles. The van der Waals surface area contributed by atoms with E-state index in [9.17, 15) is 4.79 Å². The third kappa shape index (κ3) is 4.24. The molecule has 6 nitrogen and oxygen atoms in total. The minimum atomic E-state index is -0.181. The molecule has 2 heterocycles. The summed E-state index contributed by atoms with van der Waals surface area (Å²) in [5.41, 5.74) is 8.07. The average Bonchev–Trinajstić information content (AvgIpc) is 3.21. The highest BCUT2D eigenvalue weighted by molar-refractivity contribution is 7.80. The summed E-state index contributed by atoms with van der Waals surface area (Å²) in [6.07, 6.45) is 4.16. The zero-order chi connectivity index (χ0) is 16.9. The summed E-state index contributed by atoms with van der Waals surface area (Å²) in [6.45, 7) is 3.46. The minimum Gasteiger partial charge on any atom is -0.464 e. The maximum Gasteiger partial charge on any atom is 0.242 e. The lowest BCUT2D eigenvalue weighted by atomic mass is 10.1. The number of hydrazine groups is 1. The van der Waals surface area contributed by atoms with Crippen molar-refractivity contribution in [2.24, 2.45) is 0 Å². The molecule has 2 aromatic rings. The molecule has 0 aliphatic carbocycles. The predicted molar refractivity (Wildman–Crippen MR) is 95.5 cm³/mol. The monoisotopic (exact) mass is 347 g/mol. The first kappa shape index (κ1) is 16.7. The van der Waals surface area contributed by atoms with Crippen molar-refractivity contribution < 1.29 is 13.9 Å². The number of hydrogen-bond donors (Lipinski definition) is 3. The van der Waals surface area contributed by atoms with Gasteiger partial charge in [-0.3, -0.25) is 15.6 Å². The zero-order valence-corrected chi connectivity index (χ0v) is 14.4. The van der Waals surface area contributed by atoms with E-state index in [2.05, 4.69) is 16.2 Å². The molecule has 1 fully saturated rings. The second-order valence-corrected chi connectivity index (χ2v) is 6.36. The summed E-state index contributed by atoms with van der Waals surface area (Å²) in [4.78, 5) is 12.1. The molecule has 7 heteroatoms. The Morgan fingerprint density at radius 1 is 1.38 bits per heavy atom. The minimum absolute atomic E-state index is 0.181. The van der Waals surface area contributed by atoms with Crippen LogP contribution in [0, 0.1) is 6.92 Å². The third-order valence-corrected chi connectivity index (χ3v) is 4.24. The van der Waals surface area contributed by atoms with Crippen LogP contribution >= 0.6 is 12.2 Å². The van der Waals surface area contributed by atoms with E-state index in [4.69, 9.17) is 21.4 Å². The topological polar surface area (TPSA) is 75.5 Å². The van der Waals surface area contributed by atoms with E-state index in [1.165, 1.54) is 0 Å². The van der Waals surface area contributed by atoms with Gasteiger partial charge in [0.25, 0.3) is 0 Å². The fraction of sp³-hybridized carbons (Fsp3) is 0.412. The van der Waals surface area contributed by atoms with Crippen LogP contribution in [0.3, 0.4) is 0 Å². The van der Waals surface area contributed by atoms with Crippen molar-refractivity contribution in [2.75, 3.05) is 13.2 Å². The lowest BCUT2D eigenvalue weighted by molar-refractivity contribution is -0.121. The van der Waals surface area contributed by atoms with Crippen molar-refractivity contribution in [1.29, 1.82) is 0 Å². The van der Waals surface area contributed by atoms with Gasteiger partial charge >= 0.3 is 0 Å². The lowest BCUT2D eigenvalue weighted by Crippen LogP contribution is -2.48. The number of hydrogen-bond acceptors (Lipinski definition) is 4. The highest BCUT2D eigenvalue weighted by Crippen LogP contribution is 2.22. The van der Waals surface area contributed by atoms with Crippen LogP contribution in [-0.2, 0) is 16.0 Å². The van der Waals surface area contributed by atoms with Crippen molar-refractivity contribution in [3.05, 3.63) is 35.6 Å². The molecule has 0 bridgehead atoms. The SMILES string of the molecule is Cc1ccc2c(CC(=O)NNC(=S)NCC3CCCO3)coc2c1. The summed E-state index contributed by atoms with van der Waals surface area (Å²) < 4.78 is 11.0. The molecule has 0 spiro atoms. The fourth-order valence-corrected chi connectivity index (χ4v) is 2.86. The third-order valence-electron chi connectivity index (χ3n) is 3.99. The van der Waals surface area contributed by atoms with Gasteiger partial charge in [-0.05, 0) is 43.6 Å². The largest absolute Gasteiger partial charge is 0.464 e. The number of nitrogens with one attached hydrogen (secondary N) is 3. The number of fused-ring (bicyclic) bond motifs is 1. The predicted octanol–water partition coefficient (Wildman–Crippen LogP) is 1.96. The summed E-state index contributed by atoms with van der Waals surface area (Å²) in [6, 6.07) is 5.93. The first-order chi connectivity index (χ1) is 11.6. The number of benzene rings is 1. The van der Waals surface area contributed by atoms with Crippen LogP contribution in [0.25, 0.3) is 11.0 Å². The second-order valence-electron chi connectivity index (χ2n) is 5.96. The van der Waals surface area contributed by atoms with Crippen molar-refractivity contribution in [3.8, 4) is 0 Å². The number of ether oxygens (including phenoxy) is 1. The Morgan fingerprint density at radius 3 is 3.04 bits per heavy atom. The highest BCUT2D eigenvalue weighted by Gasteiger charge is 2.15. The first-order valence-corrected chi connectivity index (χ1v) is 8.43. The van der Waals surface area contributed by atoms with Crippen LogP contribution in [0.2, 0.25) is 0 Å². The van der Waals surface area contributed by atoms with E-state index in [1.807, 2.05) is 25.1 Å². The normalized spacial score (nSPS) is 17.0. The van der Waals surface area contributed by atoms with Gasteiger partial charge < -0.3 is 14.5 Å². The van der Waals surface area contributed by atoms with Gasteiger partial charge in [-0.25, -0.2) is 0 Å². The molecular weight excluding hydrogens is 326 g/mol. The van der Waals surface area contributed by atoms with Crippen molar-refractivity contribution in [1.82, 2.24) is 16.2 Å². The van der Waals surface area contributed by atoms with E-state index in [0.717, 1.165) is 41.5 Å². The van der Waals surface area contributed by atoms with Crippen LogP contribution in [0.5, 0.6) is 0 Å². The molecule has 1 aromatic carbocycles. The summed E-state index contributed by atoms with van der Waals surface area (Å²) in [5.74, 6) is -0.181. The van der Waals surface area contributed by atoms with E-state index < -0.39 is 0 Å². The molecule has 3 N–H and O–H groups in total. The maximum absolute atomic E-state index is 12.1. The molecule has 0 radical (unpaired) electrons. The Morgan fingerprint density at radius 2 is 2.25 bits per heavy atom. The van der Waals surface area contributed by atoms with Gasteiger partial charge in [0.2, 0.25) is 5.91 Å². The van der Waals surface area contributed by atoms with Gasteiger partial charge in [0, 0.05) is 24.1 Å². The molecule has 1 saturated heterocycles. The molecule has 1 aliphatic rings. The number of rotatable bonds is 4. The number of thiocarbonyl (C=S) groups is 1. The van der Waals surface area contributed by atoms with Gasteiger partial charge in [-0.1, -0.05) is 12.1 Å². The van der Waals surface area contributed by atoms with Crippen LogP contribution in [0.15, 0.2) is 28.9 Å². The molecule has 3 rings (SSSR count). The van der Waals surface area contributed by atoms with Gasteiger partial charge in [0.15, 0.2) is 5.11 Å². The number of furan rings is 1. The quantitative estimate of drug-likeness (QED) is 0.580. The van der Waals surface area contributed by atoms with Gasteiger partial charge in [-0.15, -0.1) is 0 Å². The Balaban J connectivity index is 1.45. The molecule has 1 aliphatic heterocycles. The van der Waals surface area contributed by atoms with E-state index in [-0.39, 0.29) is 18.4 Å². The molecule has 0 saturated carbocycles. The van der Waals surface area contributed by atoms with Crippen LogP contribution in [0.4, 0.5) is 0 Å². The molecular formula is C17H21N3O3S. The Labute approximate surface area is 145 Å². The smallest absolute Gasteiger partial charge is 0.242 e. The van der Waals surface area contributed by atoms with E-state index >= 15 is 0 Å². The molecule has 1 amide bonds. The Hall–Kier alpha value is -2.12. The van der Waals surface area contributed by atoms with E-state index in [1.54, 1.807) is 6.26 Å². The van der Waals surface area contributed by atoms with Crippen molar-refractivity contribution in [2.45, 2.75) is 32.3 Å². The van der Waals surface area contributed by atoms with Crippen LogP contribution in [-0.4, -0.2) is 30.3 Å². The average molecular weight is 347 g/mol. The van der Waals surface area contributed by atoms with E-state index in [0.29, 0.717) is 11.7 Å². The first-order valence-electron chi connectivity index (χ1n) is 8.03. The van der Waals surface area contributed by atoms with Crippen LogP contribution in [0.1, 0.15) is 24.0 Å². The highest BCUT2D eigenvalue weighted by atomic mass is 32.1. The summed E-state index contributed by atoms with van der Waals surface area (Å²) >= 11 is 5.14. The number of carbonyl (C=O) groups excluding carboxylic acids is 1. The number of carbonyl (C=O) groups is 1.